The number of allylic oxidation sites excluding steroid dienone is 8. The van der Waals surface area contributed by atoms with E-state index >= 15 is 0 Å². The van der Waals surface area contributed by atoms with E-state index in [4.69, 9.17) is 0 Å². The summed E-state index contributed by atoms with van der Waals surface area (Å²) in [7, 11) is 0. The number of rotatable bonds is 3. The molecule has 0 saturated carbocycles. The molecule has 0 nitrogen and oxygen atoms in total. The second-order valence-electron chi connectivity index (χ2n) is 4.66. The third kappa shape index (κ3) is 2.49. The summed E-state index contributed by atoms with van der Waals surface area (Å²) < 4.78 is 3.77. The summed E-state index contributed by atoms with van der Waals surface area (Å²) in [6, 6.07) is 0. The Hall–Kier alpha value is 0.0600. The normalized spacial score (nSPS) is 18.3. The van der Waals surface area contributed by atoms with Crippen molar-refractivity contribution in [2.75, 3.05) is 0 Å². The molecule has 0 atom stereocenters. The molecular formula is C14H20SiZr. The Kier molecular flexibility index (Phi) is 4.38. The van der Waals surface area contributed by atoms with Gasteiger partial charge < -0.3 is 0 Å². The van der Waals surface area contributed by atoms with Crippen LogP contribution < -0.4 is 0 Å². The van der Waals surface area contributed by atoms with Gasteiger partial charge in [-0.2, -0.15) is 0 Å². The molecule has 84 valence electrons. The molecule has 0 N–H and O–H groups in total. The van der Waals surface area contributed by atoms with Gasteiger partial charge in [-0.3, -0.25) is 0 Å². The van der Waals surface area contributed by atoms with Gasteiger partial charge in [0.05, 0.1) is 0 Å². The van der Waals surface area contributed by atoms with Crippen LogP contribution in [0.2, 0.25) is 13.1 Å². The summed E-state index contributed by atoms with van der Waals surface area (Å²) in [4.78, 5) is 0. The van der Waals surface area contributed by atoms with Crippen LogP contribution in [0.25, 0.3) is 0 Å². The fraction of sp³-hybridized carbons (Fsp3) is 0.429. The van der Waals surface area contributed by atoms with Crippen LogP contribution in [0, 0.1) is 0 Å². The van der Waals surface area contributed by atoms with Crippen molar-refractivity contribution in [1.29, 1.82) is 0 Å². The van der Waals surface area contributed by atoms with Crippen molar-refractivity contribution in [3.8, 4) is 0 Å². The van der Waals surface area contributed by atoms with E-state index in [-0.39, 0.29) is 5.43 Å². The summed E-state index contributed by atoms with van der Waals surface area (Å²) in [6.07, 6.45) is 15.6. The van der Waals surface area contributed by atoms with E-state index in [0.29, 0.717) is 0 Å². The second-order valence-corrected chi connectivity index (χ2v) is 21.9. The Labute approximate surface area is 107 Å². The van der Waals surface area contributed by atoms with Crippen LogP contribution in [0.5, 0.6) is 0 Å². The molecule has 2 aliphatic rings. The van der Waals surface area contributed by atoms with Gasteiger partial charge in [0.2, 0.25) is 0 Å². The molecule has 0 aromatic carbocycles. The fourth-order valence-electron chi connectivity index (χ4n) is 2.59. The molecule has 0 radical (unpaired) electrons. The summed E-state index contributed by atoms with van der Waals surface area (Å²) in [5.41, 5.74) is 1.60. The molecular weight excluding hydrogens is 287 g/mol. The van der Waals surface area contributed by atoms with Gasteiger partial charge in [-0.25, -0.2) is 0 Å². The first-order valence-electron chi connectivity index (χ1n) is 6.16. The molecule has 0 aromatic rings. The predicted octanol–water partition coefficient (Wildman–Crippen LogP) is 4.32. The van der Waals surface area contributed by atoms with Crippen molar-refractivity contribution in [2.45, 2.75) is 39.3 Å². The van der Waals surface area contributed by atoms with Crippen molar-refractivity contribution >= 4 is 5.43 Å². The Morgan fingerprint density at radius 2 is 2.06 bits per heavy atom. The molecule has 2 rings (SSSR count). The van der Waals surface area contributed by atoms with E-state index in [2.05, 4.69) is 50.4 Å². The molecule has 0 aliphatic heterocycles. The topological polar surface area (TPSA) is 0 Å². The zero-order chi connectivity index (χ0) is 11.5. The minimum absolute atomic E-state index is 0.0907. The molecule has 2 heteroatoms. The Morgan fingerprint density at radius 1 is 1.25 bits per heavy atom. The average Bonchev–Trinajstić information content (AvgIpc) is 2.88. The summed E-state index contributed by atoms with van der Waals surface area (Å²) in [5.74, 6) is 0. The van der Waals surface area contributed by atoms with Crippen LogP contribution >= 0.6 is 0 Å². The molecule has 0 spiro atoms. The van der Waals surface area contributed by atoms with Crippen LogP contribution in [0.3, 0.4) is 0 Å². The average molecular weight is 308 g/mol. The molecule has 0 bridgehead atoms. The van der Waals surface area contributed by atoms with Crippen molar-refractivity contribution in [3.05, 3.63) is 42.5 Å². The summed E-state index contributed by atoms with van der Waals surface area (Å²) >= 11 is -1.41. The molecule has 0 unspecified atom stereocenters. The first-order chi connectivity index (χ1) is 7.74. The van der Waals surface area contributed by atoms with Gasteiger partial charge in [0.25, 0.3) is 0 Å². The van der Waals surface area contributed by atoms with Crippen LogP contribution in [-0.2, 0) is 20.4 Å². The SMILES string of the molecule is CCC1=[C]([Zr]([C]2=CC=CC2)=[Si](C)C)CC=C1. The van der Waals surface area contributed by atoms with Crippen molar-refractivity contribution in [3.63, 3.8) is 0 Å². The zero-order valence-corrected chi connectivity index (χ0v) is 14.0. The maximum atomic E-state index is 2.54. The van der Waals surface area contributed by atoms with E-state index in [9.17, 15) is 0 Å². The van der Waals surface area contributed by atoms with Gasteiger partial charge in [0.15, 0.2) is 0 Å². The minimum atomic E-state index is -1.41. The van der Waals surface area contributed by atoms with Crippen LogP contribution in [-0.4, -0.2) is 5.43 Å². The first-order valence-corrected chi connectivity index (χ1v) is 14.8. The molecule has 16 heavy (non-hydrogen) atoms. The predicted molar refractivity (Wildman–Crippen MR) is 70.4 cm³/mol. The molecule has 0 aromatic heterocycles. The zero-order valence-electron chi connectivity index (χ0n) is 10.5. The molecule has 0 heterocycles. The Morgan fingerprint density at radius 3 is 2.62 bits per heavy atom. The fourth-order valence-corrected chi connectivity index (χ4v) is 20.3. The molecule has 0 fully saturated rings. The van der Waals surface area contributed by atoms with E-state index < -0.39 is 20.4 Å². The van der Waals surface area contributed by atoms with E-state index in [0.717, 1.165) is 0 Å². The van der Waals surface area contributed by atoms with E-state index in [1.54, 1.807) is 5.57 Å². The van der Waals surface area contributed by atoms with Crippen molar-refractivity contribution < 1.29 is 20.4 Å². The monoisotopic (exact) mass is 306 g/mol. The van der Waals surface area contributed by atoms with Gasteiger partial charge in [-0.15, -0.1) is 0 Å². The summed E-state index contributed by atoms with van der Waals surface area (Å²) in [5, 5.41) is 0. The maximum absolute atomic E-state index is 2.54. The second kappa shape index (κ2) is 5.60. The van der Waals surface area contributed by atoms with Gasteiger partial charge >= 0.3 is 108 Å². The quantitative estimate of drug-likeness (QED) is 0.681. The third-order valence-corrected chi connectivity index (χ3v) is 20.6. The van der Waals surface area contributed by atoms with Gasteiger partial charge in [-0.1, -0.05) is 0 Å². The van der Waals surface area contributed by atoms with E-state index in [1.165, 1.54) is 19.3 Å². The van der Waals surface area contributed by atoms with Gasteiger partial charge in [0, 0.05) is 0 Å². The van der Waals surface area contributed by atoms with E-state index in [1.807, 2.05) is 6.56 Å². The Balaban J connectivity index is 2.40. The molecule has 0 saturated heterocycles. The standard InChI is InChI=1S/C7H9.C5H5.C2H6Si.Zr/c1-2-7-5-3-4-6-7;1-2-4-5-3-1;1-3-2;/h3,5H,2,4H2,1H3;1-3H,4H2;1-2H3;. The van der Waals surface area contributed by atoms with Crippen LogP contribution in [0.4, 0.5) is 0 Å². The third-order valence-electron chi connectivity index (χ3n) is 3.30. The van der Waals surface area contributed by atoms with Gasteiger partial charge in [0.1, 0.15) is 0 Å². The number of hydrogen-bond acceptors (Lipinski definition) is 0. The molecule has 0 amide bonds. The van der Waals surface area contributed by atoms with Crippen molar-refractivity contribution in [2.24, 2.45) is 0 Å². The van der Waals surface area contributed by atoms with Crippen LogP contribution in [0.15, 0.2) is 42.5 Å². The van der Waals surface area contributed by atoms with Crippen LogP contribution in [0.1, 0.15) is 26.2 Å². The Bertz CT molecular complexity index is 443. The number of hydrogen-bond donors (Lipinski definition) is 0. The first kappa shape index (κ1) is 12.5. The summed E-state index contributed by atoms with van der Waals surface area (Å²) in [6.45, 7) is 7.39. The molecule has 2 aliphatic carbocycles. The van der Waals surface area contributed by atoms with Crippen molar-refractivity contribution in [1.82, 2.24) is 0 Å². The van der Waals surface area contributed by atoms with Gasteiger partial charge in [-0.05, 0) is 0 Å².